The fraction of sp³-hybridized carbons (Fsp3) is 0.333. The standard InChI is InChI=1S/C33H31N5O5/c1-38-12-10-33(19-35,20-38)37-32(39)22-3-5-26(29(16-22)40-2)30-17-27-31(43-30)25(7-11-36-27)21-4-6-28(23(15-21)18-34)42-24-8-13-41-14-9-24/h3-7,11,15-17,24H,8-10,12-14,20H2,1-2H3,(H,37,39). The van der Waals surface area contributed by atoms with E-state index in [4.69, 9.17) is 18.6 Å². The lowest BCUT2D eigenvalue weighted by Gasteiger charge is -2.23. The van der Waals surface area contributed by atoms with Crippen LogP contribution in [0, 0.1) is 22.7 Å². The van der Waals surface area contributed by atoms with E-state index < -0.39 is 5.54 Å². The summed E-state index contributed by atoms with van der Waals surface area (Å²) in [6.45, 7) is 2.52. The van der Waals surface area contributed by atoms with Crippen LogP contribution in [0.4, 0.5) is 0 Å². The van der Waals surface area contributed by atoms with Gasteiger partial charge in [0, 0.05) is 49.3 Å². The molecule has 2 aromatic heterocycles. The molecule has 0 radical (unpaired) electrons. The number of likely N-dealkylation sites (tertiary alicyclic amines) is 1. The third-order valence-corrected chi connectivity index (χ3v) is 8.04. The minimum absolute atomic E-state index is 0.0243. The van der Waals surface area contributed by atoms with E-state index in [0.29, 0.717) is 71.2 Å². The zero-order valence-electron chi connectivity index (χ0n) is 24.1. The number of carbonyl (C=O) groups is 1. The number of methoxy groups -OCH3 is 1. The highest BCUT2D eigenvalue weighted by molar-refractivity contribution is 5.97. The SMILES string of the molecule is COc1cc(C(=O)NC2(C#N)CCN(C)C2)ccc1-c1cc2nccc(-c3ccc(OC4CCOCC4)c(C#N)c3)c2o1. The molecule has 2 aliphatic heterocycles. The van der Waals surface area contributed by atoms with Crippen LogP contribution in [0.3, 0.4) is 0 Å². The molecule has 2 aromatic carbocycles. The number of carbonyl (C=O) groups excluding carboxylic acids is 1. The Morgan fingerprint density at radius 1 is 1.09 bits per heavy atom. The summed E-state index contributed by atoms with van der Waals surface area (Å²) in [6, 6.07) is 18.9. The first-order chi connectivity index (χ1) is 20.9. The first-order valence-electron chi connectivity index (χ1n) is 14.2. The van der Waals surface area contributed by atoms with E-state index in [1.165, 1.54) is 7.11 Å². The molecule has 0 bridgehead atoms. The summed E-state index contributed by atoms with van der Waals surface area (Å²) in [6.07, 6.45) is 3.87. The Balaban J connectivity index is 1.29. The maximum Gasteiger partial charge on any atom is 0.252 e. The zero-order chi connectivity index (χ0) is 30.0. The lowest BCUT2D eigenvalue weighted by molar-refractivity contribution is 0.0254. The van der Waals surface area contributed by atoms with Crippen LogP contribution in [0.25, 0.3) is 33.6 Å². The Morgan fingerprint density at radius 3 is 2.65 bits per heavy atom. The highest BCUT2D eigenvalue weighted by atomic mass is 16.5. The van der Waals surface area contributed by atoms with Gasteiger partial charge in [-0.1, -0.05) is 6.07 Å². The van der Waals surface area contributed by atoms with Crippen LogP contribution in [0.5, 0.6) is 11.5 Å². The number of amides is 1. The average Bonchev–Trinajstić information content (AvgIpc) is 3.65. The van der Waals surface area contributed by atoms with E-state index in [0.717, 1.165) is 30.5 Å². The van der Waals surface area contributed by atoms with Gasteiger partial charge in [0.2, 0.25) is 0 Å². The summed E-state index contributed by atoms with van der Waals surface area (Å²) < 4.78 is 23.5. The maximum absolute atomic E-state index is 13.1. The van der Waals surface area contributed by atoms with Crippen molar-refractivity contribution in [2.45, 2.75) is 30.9 Å². The second-order valence-corrected chi connectivity index (χ2v) is 11.0. The van der Waals surface area contributed by atoms with Gasteiger partial charge in [0.05, 0.1) is 37.5 Å². The molecule has 0 aliphatic carbocycles. The zero-order valence-corrected chi connectivity index (χ0v) is 24.1. The molecule has 4 aromatic rings. The summed E-state index contributed by atoms with van der Waals surface area (Å²) in [7, 11) is 3.46. The molecule has 10 heteroatoms. The summed E-state index contributed by atoms with van der Waals surface area (Å²) in [5, 5.41) is 22.5. The molecule has 1 N–H and O–H groups in total. The number of benzene rings is 2. The number of ether oxygens (including phenoxy) is 3. The molecule has 1 unspecified atom stereocenters. The first-order valence-corrected chi connectivity index (χ1v) is 14.2. The molecule has 43 heavy (non-hydrogen) atoms. The van der Waals surface area contributed by atoms with Crippen LogP contribution in [0.1, 0.15) is 35.2 Å². The molecular weight excluding hydrogens is 546 g/mol. The van der Waals surface area contributed by atoms with Crippen molar-refractivity contribution < 1.29 is 23.4 Å². The van der Waals surface area contributed by atoms with Gasteiger partial charge < -0.3 is 28.8 Å². The highest BCUT2D eigenvalue weighted by Crippen LogP contribution is 2.38. The Kier molecular flexibility index (Phi) is 7.73. The van der Waals surface area contributed by atoms with Crippen molar-refractivity contribution in [1.82, 2.24) is 15.2 Å². The Labute approximate surface area is 249 Å². The van der Waals surface area contributed by atoms with Gasteiger partial charge in [0.15, 0.2) is 5.58 Å². The topological polar surface area (TPSA) is 134 Å². The number of fused-ring (bicyclic) bond motifs is 1. The number of aromatic nitrogens is 1. The molecule has 2 aliphatic rings. The van der Waals surface area contributed by atoms with Gasteiger partial charge in [-0.25, -0.2) is 0 Å². The normalized spacial score (nSPS) is 19.1. The average molecular weight is 578 g/mol. The molecule has 2 fully saturated rings. The molecule has 6 rings (SSSR count). The van der Waals surface area contributed by atoms with Crippen LogP contribution in [-0.4, -0.2) is 67.9 Å². The highest BCUT2D eigenvalue weighted by Gasteiger charge is 2.38. The van der Waals surface area contributed by atoms with Gasteiger partial charge in [-0.2, -0.15) is 10.5 Å². The lowest BCUT2D eigenvalue weighted by Crippen LogP contribution is -2.49. The summed E-state index contributed by atoms with van der Waals surface area (Å²) >= 11 is 0. The molecule has 218 valence electrons. The molecule has 10 nitrogen and oxygen atoms in total. The quantitative estimate of drug-likeness (QED) is 0.325. The summed E-state index contributed by atoms with van der Waals surface area (Å²) in [5.74, 6) is 1.18. The number of nitrogens with one attached hydrogen (secondary N) is 1. The number of likely N-dealkylation sites (N-methyl/N-ethyl adjacent to an activating group) is 1. The van der Waals surface area contributed by atoms with Crippen molar-refractivity contribution in [1.29, 1.82) is 10.5 Å². The second-order valence-electron chi connectivity index (χ2n) is 11.0. The molecule has 1 atom stereocenters. The molecule has 0 saturated carbocycles. The Bertz CT molecular complexity index is 1760. The van der Waals surface area contributed by atoms with Crippen molar-refractivity contribution in [2.75, 3.05) is 40.5 Å². The van der Waals surface area contributed by atoms with Gasteiger partial charge in [0.1, 0.15) is 40.5 Å². The van der Waals surface area contributed by atoms with Crippen molar-refractivity contribution in [2.24, 2.45) is 0 Å². The third kappa shape index (κ3) is 5.63. The fourth-order valence-corrected chi connectivity index (χ4v) is 5.71. The Morgan fingerprint density at radius 2 is 1.93 bits per heavy atom. The number of hydrogen-bond acceptors (Lipinski definition) is 9. The minimum atomic E-state index is -0.918. The molecule has 1 amide bonds. The fourth-order valence-electron chi connectivity index (χ4n) is 5.71. The van der Waals surface area contributed by atoms with Gasteiger partial charge in [-0.15, -0.1) is 0 Å². The van der Waals surface area contributed by atoms with Crippen molar-refractivity contribution in [3.05, 3.63) is 65.9 Å². The van der Waals surface area contributed by atoms with Crippen LogP contribution in [0.15, 0.2) is 59.1 Å². The minimum Gasteiger partial charge on any atom is -0.496 e. The number of nitriles is 2. The molecule has 4 heterocycles. The van der Waals surface area contributed by atoms with Gasteiger partial charge >= 0.3 is 0 Å². The van der Waals surface area contributed by atoms with Crippen molar-refractivity contribution in [3.63, 3.8) is 0 Å². The van der Waals surface area contributed by atoms with Crippen LogP contribution >= 0.6 is 0 Å². The second kappa shape index (κ2) is 11.8. The number of hydrogen-bond donors (Lipinski definition) is 1. The van der Waals surface area contributed by atoms with E-state index in [9.17, 15) is 15.3 Å². The van der Waals surface area contributed by atoms with E-state index in [1.54, 1.807) is 30.5 Å². The maximum atomic E-state index is 13.1. The first kappa shape index (κ1) is 28.2. The molecular formula is C33H31N5O5. The number of pyridine rings is 1. The molecule has 2 saturated heterocycles. The van der Waals surface area contributed by atoms with Gasteiger partial charge in [0.25, 0.3) is 5.91 Å². The predicted molar refractivity (Wildman–Crippen MR) is 159 cm³/mol. The van der Waals surface area contributed by atoms with E-state index in [-0.39, 0.29) is 12.0 Å². The predicted octanol–water partition coefficient (Wildman–Crippen LogP) is 4.93. The smallest absolute Gasteiger partial charge is 0.252 e. The van der Waals surface area contributed by atoms with Crippen LogP contribution in [0.2, 0.25) is 0 Å². The number of furan rings is 1. The van der Waals surface area contributed by atoms with Crippen LogP contribution in [-0.2, 0) is 4.74 Å². The van der Waals surface area contributed by atoms with Crippen molar-refractivity contribution in [3.8, 4) is 46.1 Å². The van der Waals surface area contributed by atoms with Gasteiger partial charge in [-0.3, -0.25) is 9.78 Å². The number of rotatable bonds is 7. The summed E-state index contributed by atoms with van der Waals surface area (Å²) in [4.78, 5) is 19.6. The van der Waals surface area contributed by atoms with Gasteiger partial charge in [-0.05, 0) is 55.4 Å². The largest absolute Gasteiger partial charge is 0.496 e. The van der Waals surface area contributed by atoms with E-state index in [1.807, 2.05) is 36.2 Å². The van der Waals surface area contributed by atoms with E-state index >= 15 is 0 Å². The Hall–Kier alpha value is -4.90. The third-order valence-electron chi connectivity index (χ3n) is 8.04. The number of nitrogens with zero attached hydrogens (tertiary/aromatic N) is 4. The summed E-state index contributed by atoms with van der Waals surface area (Å²) in [5.41, 5.74) is 3.33. The lowest BCUT2D eigenvalue weighted by atomic mass is 9.99. The monoisotopic (exact) mass is 577 g/mol. The molecule has 0 spiro atoms. The van der Waals surface area contributed by atoms with Crippen LogP contribution < -0.4 is 14.8 Å². The van der Waals surface area contributed by atoms with Crippen molar-refractivity contribution >= 4 is 17.0 Å². The van der Waals surface area contributed by atoms with E-state index in [2.05, 4.69) is 22.4 Å².